The molecule has 2 heterocycles. The highest BCUT2D eigenvalue weighted by Crippen LogP contribution is 2.22. The number of aromatic nitrogens is 1. The number of aliphatic hydroxyl groups is 2. The van der Waals surface area contributed by atoms with Gasteiger partial charge in [-0.05, 0) is 73.4 Å². The minimum atomic E-state index is -1.85. The Hall–Kier alpha value is -9.31. The van der Waals surface area contributed by atoms with Gasteiger partial charge in [0.15, 0.2) is 5.96 Å². The number of urea groups is 1. The number of likely N-dealkylation sites (tertiary alicyclic amines) is 1. The van der Waals surface area contributed by atoms with Crippen LogP contribution in [0.4, 0.5) is 4.79 Å². The Morgan fingerprint density at radius 3 is 2.01 bits per heavy atom. The summed E-state index contributed by atoms with van der Waals surface area (Å²) in [5.74, 6) is -8.36. The van der Waals surface area contributed by atoms with Crippen molar-refractivity contribution in [2.75, 3.05) is 20.1 Å². The summed E-state index contributed by atoms with van der Waals surface area (Å²) in [5.41, 5.74) is 18.3. The molecule has 0 saturated carbocycles. The van der Waals surface area contributed by atoms with E-state index < -0.39 is 120 Å². The first-order chi connectivity index (χ1) is 39.9. The van der Waals surface area contributed by atoms with Crippen LogP contribution in [0.1, 0.15) is 76.0 Å². The number of phenolic OH excluding ortho intramolecular Hbond substituents is 1. The number of rotatable bonds is 29. The number of phenols is 1. The van der Waals surface area contributed by atoms with Crippen LogP contribution in [0.3, 0.4) is 0 Å². The number of fused-ring (bicyclic) bond motifs is 1. The number of hydrogen-bond donors (Lipinski definition) is 17. The molecule has 19 N–H and O–H groups in total. The van der Waals surface area contributed by atoms with E-state index in [1.54, 1.807) is 69.6 Å². The van der Waals surface area contributed by atoms with E-state index in [2.05, 4.69) is 58.4 Å². The first kappa shape index (κ1) is 65.5. The summed E-state index contributed by atoms with van der Waals surface area (Å²) in [6, 6.07) is 10.5. The average molecular weight is 1170 g/mol. The van der Waals surface area contributed by atoms with Crippen LogP contribution in [0.2, 0.25) is 0 Å². The molecule has 0 aliphatic carbocycles. The number of aromatic amines is 1. The lowest BCUT2D eigenvalue weighted by Crippen LogP contribution is -2.62. The first-order valence-electron chi connectivity index (χ1n) is 27.4. The fourth-order valence-corrected chi connectivity index (χ4v) is 9.32. The third kappa shape index (κ3) is 20.3. The van der Waals surface area contributed by atoms with Crippen LogP contribution in [-0.2, 0) is 62.4 Å². The molecule has 1 aliphatic rings. The van der Waals surface area contributed by atoms with Gasteiger partial charge in [0, 0.05) is 62.9 Å². The van der Waals surface area contributed by atoms with E-state index in [0.29, 0.717) is 11.1 Å². The standard InChI is InChI=1S/C56H77N15O13/c1-30(2)23-41(50(79)63-39(15-10-22-61-55(59)60-4)49(78)64-40(48(58)77)25-34-28-62-38-14-9-8-13-37(34)38)67-56(84)70-69-52(81)42(24-33-11-6-5-7-12-33)66-54(83)47(31(3)72)68-51(80)43(27-45(57)75)65-53(82)44-26-36(74)29-71(44)46(76)21-18-32-16-19-35(73)20-17-32/h5-9,11-14,16-17,19-20,28,30-31,36,39-44,47,62,72-74H,10,15,18,21-27,29H2,1-4H3,(H2,57,75)(H2,58,77)(H,63,79)(H,64,78)(H,65,82)(H,66,83)(H,68,80)(H,69,81)(H3,59,60,61)(H2,67,70,84)/t31-,36-,39+,40+,41+,42+,43+,44+,47+/m1/s1. The number of para-hydroxylation sites is 1. The monoisotopic (exact) mass is 1170 g/mol. The van der Waals surface area contributed by atoms with Gasteiger partial charge in [-0.3, -0.25) is 54.0 Å². The van der Waals surface area contributed by atoms with Crippen molar-refractivity contribution in [1.29, 1.82) is 5.41 Å². The lowest BCUT2D eigenvalue weighted by molar-refractivity contribution is -0.140. The van der Waals surface area contributed by atoms with Crippen LogP contribution >= 0.6 is 0 Å². The second-order valence-electron chi connectivity index (χ2n) is 20.9. The molecular formula is C56H77N15O13. The van der Waals surface area contributed by atoms with Gasteiger partial charge in [0.05, 0.1) is 18.6 Å². The number of nitrogens with zero attached hydrogens (tertiary/aromatic N) is 1. The Morgan fingerprint density at radius 2 is 1.36 bits per heavy atom. The van der Waals surface area contributed by atoms with Crippen molar-refractivity contribution in [3.63, 3.8) is 0 Å². The molecule has 5 rings (SSSR count). The average Bonchev–Trinajstić information content (AvgIpc) is 4.26. The predicted molar refractivity (Wildman–Crippen MR) is 306 cm³/mol. The van der Waals surface area contributed by atoms with E-state index in [-0.39, 0.29) is 82.1 Å². The lowest BCUT2D eigenvalue weighted by Gasteiger charge is -2.28. The number of carbonyl (C=O) groups is 10. The third-order valence-corrected chi connectivity index (χ3v) is 13.7. The van der Waals surface area contributed by atoms with Gasteiger partial charge in [-0.1, -0.05) is 74.5 Å². The molecule has 0 radical (unpaired) electrons. The first-order valence-corrected chi connectivity index (χ1v) is 27.4. The second kappa shape index (κ2) is 31.8. The van der Waals surface area contributed by atoms with Crippen LogP contribution in [0.15, 0.2) is 85.1 Å². The number of amides is 11. The van der Waals surface area contributed by atoms with Crippen LogP contribution in [0.25, 0.3) is 10.9 Å². The number of nitrogens with two attached hydrogens (primary N) is 2. The Balaban J connectivity index is 1.25. The summed E-state index contributed by atoms with van der Waals surface area (Å²) in [7, 11) is 1.54. The molecule has 28 heteroatoms. The number of aryl methyl sites for hydroxylation is 1. The molecule has 1 saturated heterocycles. The van der Waals surface area contributed by atoms with Gasteiger partial charge in [-0.25, -0.2) is 10.2 Å². The van der Waals surface area contributed by atoms with E-state index in [4.69, 9.17) is 16.9 Å². The number of benzene rings is 3. The number of β-amino-alcohol motifs (C(OH)–C–C–N with tert-alkyl or cyclic N) is 1. The number of hydrogen-bond acceptors (Lipinski definition) is 14. The molecule has 28 nitrogen and oxygen atoms in total. The number of guanidine groups is 1. The Morgan fingerprint density at radius 1 is 0.714 bits per heavy atom. The topological polar surface area (TPSA) is 447 Å². The summed E-state index contributed by atoms with van der Waals surface area (Å²) < 4.78 is 0. The van der Waals surface area contributed by atoms with E-state index in [1.165, 1.54) is 12.1 Å². The van der Waals surface area contributed by atoms with E-state index in [0.717, 1.165) is 28.3 Å². The van der Waals surface area contributed by atoms with Gasteiger partial charge in [-0.2, -0.15) is 0 Å². The number of H-pyrrole nitrogens is 1. The van der Waals surface area contributed by atoms with Crippen molar-refractivity contribution in [1.82, 2.24) is 63.3 Å². The maximum atomic E-state index is 14.1. The van der Waals surface area contributed by atoms with E-state index in [1.807, 2.05) is 24.3 Å². The molecule has 1 aromatic heterocycles. The van der Waals surface area contributed by atoms with Crippen molar-refractivity contribution < 1.29 is 63.3 Å². The van der Waals surface area contributed by atoms with Crippen LogP contribution in [0, 0.1) is 11.3 Å². The van der Waals surface area contributed by atoms with E-state index >= 15 is 0 Å². The van der Waals surface area contributed by atoms with Crippen molar-refractivity contribution in [3.8, 4) is 5.75 Å². The highest BCUT2D eigenvalue weighted by Gasteiger charge is 2.41. The van der Waals surface area contributed by atoms with Gasteiger partial charge in [0.1, 0.15) is 48.0 Å². The maximum absolute atomic E-state index is 14.1. The summed E-state index contributed by atoms with van der Waals surface area (Å²) in [4.78, 5) is 140. The van der Waals surface area contributed by atoms with Gasteiger partial charge >= 0.3 is 6.03 Å². The van der Waals surface area contributed by atoms with Crippen molar-refractivity contribution in [2.45, 2.75) is 133 Å². The normalized spacial score (nSPS) is 16.2. The second-order valence-corrected chi connectivity index (χ2v) is 20.9. The molecule has 0 unspecified atom stereocenters. The SMILES string of the molecule is CNC(=N)NCCC[C@H](NC(=O)[C@H](CC(C)C)NC(=O)NNC(=O)[C@H](Cc1ccccc1)NC(=O)[C@@H](NC(=O)[C@H](CC(N)=O)NC(=O)[C@@H]1C[C@@H](O)CN1C(=O)CCc1ccc(O)cc1)[C@@H](C)O)C(=O)N[C@@H](Cc1c[nH]c2ccccc12)C(N)=O. The molecule has 9 atom stereocenters. The van der Waals surface area contributed by atoms with Crippen LogP contribution in [0.5, 0.6) is 5.75 Å². The molecule has 454 valence electrons. The molecule has 11 amide bonds. The third-order valence-electron chi connectivity index (χ3n) is 13.7. The molecule has 0 spiro atoms. The van der Waals surface area contributed by atoms with Crippen LogP contribution < -0.4 is 64.9 Å². The molecule has 1 aliphatic heterocycles. The molecule has 4 aromatic rings. The zero-order valence-corrected chi connectivity index (χ0v) is 47.2. The fourth-order valence-electron chi connectivity index (χ4n) is 9.32. The van der Waals surface area contributed by atoms with Crippen LogP contribution in [-0.4, -0.2) is 165 Å². The summed E-state index contributed by atoms with van der Waals surface area (Å²) >= 11 is 0. The highest BCUT2D eigenvalue weighted by atomic mass is 16.3. The largest absolute Gasteiger partial charge is 0.508 e. The minimum Gasteiger partial charge on any atom is -0.508 e. The maximum Gasteiger partial charge on any atom is 0.334 e. The van der Waals surface area contributed by atoms with Gasteiger partial charge in [0.25, 0.3) is 5.91 Å². The number of aromatic hydroxyl groups is 1. The number of hydrazine groups is 1. The fraction of sp³-hybridized carbons (Fsp3) is 0.446. The van der Waals surface area contributed by atoms with Gasteiger partial charge in [-0.15, -0.1) is 0 Å². The molecule has 0 bridgehead atoms. The lowest BCUT2D eigenvalue weighted by atomic mass is 10.0. The number of primary amides is 2. The number of aliphatic hydroxyl groups excluding tert-OH is 2. The molecular weight excluding hydrogens is 1090 g/mol. The predicted octanol–water partition coefficient (Wildman–Crippen LogP) is -2.31. The van der Waals surface area contributed by atoms with Gasteiger partial charge in [0.2, 0.25) is 47.3 Å². The quantitative estimate of drug-likeness (QED) is 0.0118. The highest BCUT2D eigenvalue weighted by molar-refractivity contribution is 5.98. The minimum absolute atomic E-state index is 0.00883. The Bertz CT molecular complexity index is 2960. The summed E-state index contributed by atoms with van der Waals surface area (Å²) in [6.45, 7) is 4.69. The number of nitrogens with one attached hydrogen (secondary N) is 12. The zero-order valence-electron chi connectivity index (χ0n) is 47.2. The Kier molecular flexibility index (Phi) is 24.8. The van der Waals surface area contributed by atoms with Gasteiger partial charge < -0.3 is 79.2 Å². The Labute approximate surface area is 484 Å². The van der Waals surface area contributed by atoms with Crippen molar-refractivity contribution in [2.24, 2.45) is 17.4 Å². The smallest absolute Gasteiger partial charge is 0.334 e. The van der Waals surface area contributed by atoms with Crippen molar-refractivity contribution >= 4 is 76.1 Å². The molecule has 84 heavy (non-hydrogen) atoms. The van der Waals surface area contributed by atoms with E-state index in [9.17, 15) is 63.3 Å². The molecule has 1 fully saturated rings. The number of carbonyl (C=O) groups excluding carboxylic acids is 10. The van der Waals surface area contributed by atoms with Crippen molar-refractivity contribution in [3.05, 3.63) is 102 Å². The zero-order chi connectivity index (χ0) is 61.6. The summed E-state index contributed by atoms with van der Waals surface area (Å²) in [5, 5.41) is 60.0. The summed E-state index contributed by atoms with van der Waals surface area (Å²) in [6.07, 6.45) is -1.84. The molecule has 3 aromatic carbocycles.